The molecule has 0 radical (unpaired) electrons. The van der Waals surface area contributed by atoms with Crippen LogP contribution in [0, 0.1) is 17.8 Å². The number of aliphatic carboxylic acids is 1. The molecular weight excluding hydrogens is 262 g/mol. The van der Waals surface area contributed by atoms with Crippen LogP contribution in [0.15, 0.2) is 0 Å². The monoisotopic (exact) mass is 284 g/mol. The number of carbonyl (C=O) groups is 2. The maximum Gasteiger partial charge on any atom is 0.230 e. The topological polar surface area (TPSA) is 69.2 Å². The van der Waals surface area contributed by atoms with Crippen LogP contribution >= 0.6 is 11.8 Å². The molecule has 2 bridgehead atoms. The Morgan fingerprint density at radius 1 is 1.32 bits per heavy atom. The van der Waals surface area contributed by atoms with Gasteiger partial charge in [0, 0.05) is 11.3 Å². The van der Waals surface area contributed by atoms with Crippen LogP contribution in [-0.2, 0) is 9.59 Å². The molecule has 0 heterocycles. The smallest absolute Gasteiger partial charge is 0.230 e. The van der Waals surface area contributed by atoms with E-state index >= 15 is 0 Å². The second-order valence-corrected chi connectivity index (χ2v) is 7.30. The lowest BCUT2D eigenvalue weighted by Gasteiger charge is -2.28. The number of carbonyl (C=O) groups excluding carboxylic acids is 2. The standard InChI is InChI=1S/C14H23NO3S/c1-8(12-6-10-3-4-11(12)5-10)15-13(16)7-19-9(2)14(17)18/h8-12H,3-7H2,1-2H3,(H,15,16)(H,17,18)/p-1/t8-,9+,10-,11-,12-/m1/s1. The second kappa shape index (κ2) is 6.16. The van der Waals surface area contributed by atoms with Gasteiger partial charge in [-0.2, -0.15) is 0 Å². The highest BCUT2D eigenvalue weighted by Gasteiger charge is 2.42. The summed E-state index contributed by atoms with van der Waals surface area (Å²) < 4.78 is 0. The van der Waals surface area contributed by atoms with E-state index in [2.05, 4.69) is 12.2 Å². The Bertz CT molecular complexity index is 361. The molecule has 0 aromatic heterocycles. The molecule has 0 saturated heterocycles. The first-order chi connectivity index (χ1) is 8.97. The number of carboxylic acid groups (broad SMARTS) is 1. The van der Waals surface area contributed by atoms with Gasteiger partial charge in [-0.3, -0.25) is 4.79 Å². The zero-order valence-corrected chi connectivity index (χ0v) is 12.4. The maximum atomic E-state index is 11.8. The van der Waals surface area contributed by atoms with E-state index in [1.165, 1.54) is 25.7 Å². The van der Waals surface area contributed by atoms with Crippen LogP contribution in [0.3, 0.4) is 0 Å². The van der Waals surface area contributed by atoms with Gasteiger partial charge in [0.05, 0.1) is 11.7 Å². The predicted molar refractivity (Wildman–Crippen MR) is 73.5 cm³/mol. The zero-order chi connectivity index (χ0) is 14.0. The molecule has 5 heteroatoms. The molecule has 2 aliphatic rings. The Labute approximate surface area is 118 Å². The largest absolute Gasteiger partial charge is 0.549 e. The molecule has 1 amide bonds. The van der Waals surface area contributed by atoms with Crippen molar-refractivity contribution in [2.45, 2.75) is 50.8 Å². The molecule has 108 valence electrons. The van der Waals surface area contributed by atoms with Gasteiger partial charge < -0.3 is 15.2 Å². The van der Waals surface area contributed by atoms with Crippen molar-refractivity contribution in [3.05, 3.63) is 0 Å². The Hall–Kier alpha value is -0.710. The number of hydrogen-bond donors (Lipinski definition) is 1. The molecule has 0 aromatic carbocycles. The van der Waals surface area contributed by atoms with Crippen LogP contribution in [-0.4, -0.2) is 28.9 Å². The maximum absolute atomic E-state index is 11.8. The summed E-state index contributed by atoms with van der Waals surface area (Å²) in [5.41, 5.74) is 0. The first kappa shape index (κ1) is 14.7. The van der Waals surface area contributed by atoms with E-state index in [1.54, 1.807) is 6.92 Å². The summed E-state index contributed by atoms with van der Waals surface area (Å²) in [6.07, 6.45) is 5.25. The van der Waals surface area contributed by atoms with Crippen LogP contribution in [0.2, 0.25) is 0 Å². The van der Waals surface area contributed by atoms with Gasteiger partial charge in [0.2, 0.25) is 5.91 Å². The van der Waals surface area contributed by atoms with Crippen LogP contribution in [0.4, 0.5) is 0 Å². The van der Waals surface area contributed by atoms with Crippen molar-refractivity contribution in [3.8, 4) is 0 Å². The van der Waals surface area contributed by atoms with E-state index < -0.39 is 11.2 Å². The second-order valence-electron chi connectivity index (χ2n) is 5.97. The summed E-state index contributed by atoms with van der Waals surface area (Å²) in [6.45, 7) is 3.63. The highest BCUT2D eigenvalue weighted by Crippen LogP contribution is 2.49. The normalized spacial score (nSPS) is 32.0. The molecule has 19 heavy (non-hydrogen) atoms. The van der Waals surface area contributed by atoms with Gasteiger partial charge in [0.15, 0.2) is 0 Å². The summed E-state index contributed by atoms with van der Waals surface area (Å²) in [5, 5.41) is 13.0. The molecular formula is C14H22NO3S-. The molecule has 2 fully saturated rings. The van der Waals surface area contributed by atoms with Crippen LogP contribution in [0.25, 0.3) is 0 Å². The predicted octanol–water partition coefficient (Wildman–Crippen LogP) is 0.799. The fourth-order valence-corrected chi connectivity index (χ4v) is 4.20. The van der Waals surface area contributed by atoms with Gasteiger partial charge in [0.1, 0.15) is 0 Å². The van der Waals surface area contributed by atoms with Gasteiger partial charge in [-0.15, -0.1) is 11.8 Å². The number of rotatable bonds is 6. The third-order valence-electron chi connectivity index (χ3n) is 4.62. The number of fused-ring (bicyclic) bond motifs is 2. The number of nitrogens with one attached hydrogen (secondary N) is 1. The molecule has 5 atom stereocenters. The van der Waals surface area contributed by atoms with Crippen molar-refractivity contribution in [2.75, 3.05) is 5.75 Å². The Morgan fingerprint density at radius 3 is 2.58 bits per heavy atom. The van der Waals surface area contributed by atoms with Crippen LogP contribution in [0.1, 0.15) is 39.5 Å². The Morgan fingerprint density at radius 2 is 2.05 bits per heavy atom. The Kier molecular flexibility index (Phi) is 4.76. The molecule has 2 aliphatic carbocycles. The number of carboxylic acids is 1. The average molecular weight is 284 g/mol. The van der Waals surface area contributed by atoms with Crippen LogP contribution in [0.5, 0.6) is 0 Å². The molecule has 0 aromatic rings. The number of thioether (sulfide) groups is 1. The van der Waals surface area contributed by atoms with Crippen molar-refractivity contribution in [1.29, 1.82) is 0 Å². The third-order valence-corrected chi connectivity index (χ3v) is 5.74. The van der Waals surface area contributed by atoms with E-state index in [0.29, 0.717) is 5.92 Å². The summed E-state index contributed by atoms with van der Waals surface area (Å²) >= 11 is 1.12. The third kappa shape index (κ3) is 3.65. The van der Waals surface area contributed by atoms with E-state index in [1.807, 2.05) is 0 Å². The highest BCUT2D eigenvalue weighted by atomic mass is 32.2. The summed E-state index contributed by atoms with van der Waals surface area (Å²) in [5.74, 6) is 1.30. The van der Waals surface area contributed by atoms with Gasteiger partial charge in [0.25, 0.3) is 0 Å². The lowest BCUT2D eigenvalue weighted by molar-refractivity contribution is -0.304. The van der Waals surface area contributed by atoms with Gasteiger partial charge >= 0.3 is 0 Å². The van der Waals surface area contributed by atoms with Crippen LogP contribution < -0.4 is 10.4 Å². The SMILES string of the molecule is C[C@H](SCC(=O)N[C@H](C)[C@H]1C[C@@H]2CC[C@@H]1C2)C(=O)[O-]. The number of hydrogen-bond acceptors (Lipinski definition) is 4. The molecule has 4 nitrogen and oxygen atoms in total. The molecule has 0 unspecified atom stereocenters. The number of amides is 1. The van der Waals surface area contributed by atoms with Gasteiger partial charge in [-0.1, -0.05) is 6.42 Å². The molecule has 0 spiro atoms. The van der Waals surface area contributed by atoms with E-state index in [0.717, 1.165) is 23.6 Å². The first-order valence-corrected chi connectivity index (χ1v) is 8.14. The van der Waals surface area contributed by atoms with Gasteiger partial charge in [-0.25, -0.2) is 0 Å². The lowest BCUT2D eigenvalue weighted by atomic mass is 9.84. The minimum atomic E-state index is -1.11. The van der Waals surface area contributed by atoms with Crippen molar-refractivity contribution in [3.63, 3.8) is 0 Å². The molecule has 1 N–H and O–H groups in total. The van der Waals surface area contributed by atoms with Crippen molar-refractivity contribution >= 4 is 23.6 Å². The van der Waals surface area contributed by atoms with Crippen molar-refractivity contribution in [2.24, 2.45) is 17.8 Å². The van der Waals surface area contributed by atoms with Crippen molar-refractivity contribution < 1.29 is 14.7 Å². The quantitative estimate of drug-likeness (QED) is 0.783. The summed E-state index contributed by atoms with van der Waals surface area (Å²) in [6, 6.07) is 0.210. The van der Waals surface area contributed by atoms with E-state index in [9.17, 15) is 14.7 Å². The summed E-state index contributed by atoms with van der Waals surface area (Å²) in [7, 11) is 0. The lowest BCUT2D eigenvalue weighted by Crippen LogP contribution is -2.41. The van der Waals surface area contributed by atoms with E-state index in [-0.39, 0.29) is 17.7 Å². The van der Waals surface area contributed by atoms with Gasteiger partial charge in [-0.05, 0) is 50.9 Å². The molecule has 0 aliphatic heterocycles. The molecule has 2 rings (SSSR count). The van der Waals surface area contributed by atoms with Crippen molar-refractivity contribution in [1.82, 2.24) is 5.32 Å². The first-order valence-electron chi connectivity index (χ1n) is 7.09. The fourth-order valence-electron chi connectivity index (χ4n) is 3.58. The minimum Gasteiger partial charge on any atom is -0.549 e. The average Bonchev–Trinajstić information content (AvgIpc) is 2.97. The summed E-state index contributed by atoms with van der Waals surface area (Å²) in [4.78, 5) is 22.4. The highest BCUT2D eigenvalue weighted by molar-refractivity contribution is 8.01. The van der Waals surface area contributed by atoms with E-state index in [4.69, 9.17) is 0 Å². The molecule has 2 saturated carbocycles. The zero-order valence-electron chi connectivity index (χ0n) is 11.6. The fraction of sp³-hybridized carbons (Fsp3) is 0.857. The minimum absolute atomic E-state index is 0.0617. The Balaban J connectivity index is 1.71.